The Morgan fingerprint density at radius 3 is 2.84 bits per heavy atom. The summed E-state index contributed by atoms with van der Waals surface area (Å²) in [6, 6.07) is 4.27. The molecule has 3 nitrogen and oxygen atoms in total. The van der Waals surface area contributed by atoms with E-state index in [-0.39, 0.29) is 20.6 Å². The molecule has 0 aliphatic rings. The van der Waals surface area contributed by atoms with Crippen molar-refractivity contribution < 1.29 is 13.2 Å². The highest BCUT2D eigenvalue weighted by molar-refractivity contribution is 7.81. The Kier molecular flexibility index (Phi) is 4.33. The van der Waals surface area contributed by atoms with Crippen LogP contribution < -0.4 is 5.32 Å². The van der Waals surface area contributed by atoms with Crippen LogP contribution in [-0.4, -0.2) is 14.6 Å². The molecule has 1 aromatic carbocycles. The number of anilines is 1. The number of alkyl halides is 2. The number of thiocarbonyl (C=S) groups is 1. The highest BCUT2D eigenvalue weighted by atomic mass is 35.5. The highest BCUT2D eigenvalue weighted by Crippen LogP contribution is 2.26. The maximum Gasteiger partial charge on any atom is 0.283 e. The van der Waals surface area contributed by atoms with E-state index in [0.29, 0.717) is 11.5 Å². The lowest BCUT2D eigenvalue weighted by Gasteiger charge is -2.08. The normalized spacial score (nSPS) is 10.8. The van der Waals surface area contributed by atoms with Crippen molar-refractivity contribution in [2.75, 3.05) is 5.32 Å². The summed E-state index contributed by atoms with van der Waals surface area (Å²) in [7, 11) is 0. The number of hydrogen-bond acceptors (Lipinski definition) is 4. The van der Waals surface area contributed by atoms with Crippen LogP contribution in [0.5, 0.6) is 0 Å². The third-order valence-corrected chi connectivity index (χ3v) is 3.61. The smallest absolute Gasteiger partial charge is 0.283 e. The fraction of sp³-hybridized carbons (Fsp3) is 0.100. The van der Waals surface area contributed by atoms with Crippen molar-refractivity contribution >= 4 is 46.0 Å². The van der Waals surface area contributed by atoms with Gasteiger partial charge in [0.2, 0.25) is 0 Å². The Balaban J connectivity index is 2.26. The van der Waals surface area contributed by atoms with Gasteiger partial charge in [-0.3, -0.25) is 0 Å². The van der Waals surface area contributed by atoms with Gasteiger partial charge in [0.15, 0.2) is 11.5 Å². The van der Waals surface area contributed by atoms with Crippen molar-refractivity contribution in [1.29, 1.82) is 0 Å². The molecule has 0 amide bonds. The summed E-state index contributed by atoms with van der Waals surface area (Å²) in [5.74, 6) is -0.706. The lowest BCUT2D eigenvalue weighted by Crippen LogP contribution is -2.12. The predicted molar refractivity (Wildman–Crippen MR) is 71.6 cm³/mol. The third-order valence-electron chi connectivity index (χ3n) is 2.13. The molecule has 0 atom stereocenters. The van der Waals surface area contributed by atoms with E-state index in [1.54, 1.807) is 0 Å². The zero-order chi connectivity index (χ0) is 14.0. The van der Waals surface area contributed by atoms with Crippen LogP contribution in [-0.2, 0) is 0 Å². The van der Waals surface area contributed by atoms with E-state index in [9.17, 15) is 13.2 Å². The molecule has 0 spiro atoms. The van der Waals surface area contributed by atoms with Crippen LogP contribution in [0, 0.1) is 5.82 Å². The van der Waals surface area contributed by atoms with Crippen molar-refractivity contribution in [1.82, 2.24) is 9.59 Å². The minimum Gasteiger partial charge on any atom is -0.343 e. The Morgan fingerprint density at radius 1 is 1.42 bits per heavy atom. The zero-order valence-corrected chi connectivity index (χ0v) is 11.4. The molecule has 0 radical (unpaired) electrons. The van der Waals surface area contributed by atoms with Crippen LogP contribution in [0.2, 0.25) is 5.02 Å². The number of nitrogens with zero attached hydrogens (tertiary/aromatic N) is 2. The molecule has 19 heavy (non-hydrogen) atoms. The second-order valence-electron chi connectivity index (χ2n) is 3.34. The summed E-state index contributed by atoms with van der Waals surface area (Å²) < 4.78 is 42.3. The van der Waals surface area contributed by atoms with E-state index in [1.165, 1.54) is 18.2 Å². The molecule has 0 saturated heterocycles. The largest absolute Gasteiger partial charge is 0.343 e. The number of benzene rings is 1. The first kappa shape index (κ1) is 14.2. The second kappa shape index (κ2) is 5.81. The molecule has 0 bridgehead atoms. The predicted octanol–water partition coefficient (Wildman–Crippen LogP) is 4.06. The van der Waals surface area contributed by atoms with E-state index in [2.05, 4.69) is 14.9 Å². The van der Waals surface area contributed by atoms with E-state index < -0.39 is 17.9 Å². The topological polar surface area (TPSA) is 37.8 Å². The molecule has 2 aromatic rings. The minimum absolute atomic E-state index is 0.00405. The summed E-state index contributed by atoms with van der Waals surface area (Å²) in [6.07, 6.45) is -2.79. The van der Waals surface area contributed by atoms with Crippen LogP contribution >= 0.6 is 35.4 Å². The number of nitrogens with one attached hydrogen (secondary N) is 1. The SMILES string of the molecule is Fc1c(Cl)cccc1NC(=S)c1snnc1C(F)F. The molecule has 2 rings (SSSR count). The number of aromatic nitrogens is 2. The first-order valence-corrected chi connectivity index (χ1v) is 6.42. The summed E-state index contributed by atoms with van der Waals surface area (Å²) in [5.41, 5.74) is -0.518. The van der Waals surface area contributed by atoms with Gasteiger partial charge in [-0.05, 0) is 23.7 Å². The average Bonchev–Trinajstić information content (AvgIpc) is 2.84. The van der Waals surface area contributed by atoms with E-state index in [4.69, 9.17) is 23.8 Å². The fourth-order valence-electron chi connectivity index (χ4n) is 1.28. The highest BCUT2D eigenvalue weighted by Gasteiger charge is 2.21. The summed E-state index contributed by atoms with van der Waals surface area (Å²) >= 11 is 11.3. The molecule has 0 aliphatic heterocycles. The maximum absolute atomic E-state index is 13.6. The number of hydrogen-bond donors (Lipinski definition) is 1. The summed E-state index contributed by atoms with van der Waals surface area (Å²) in [4.78, 5) is -0.0733. The quantitative estimate of drug-likeness (QED) is 0.865. The zero-order valence-electron chi connectivity index (χ0n) is 9.03. The number of halogens is 4. The fourth-order valence-corrected chi connectivity index (χ4v) is 2.35. The monoisotopic (exact) mass is 323 g/mol. The van der Waals surface area contributed by atoms with Gasteiger partial charge in [-0.15, -0.1) is 5.10 Å². The van der Waals surface area contributed by atoms with Crippen LogP contribution in [0.25, 0.3) is 0 Å². The van der Waals surface area contributed by atoms with E-state index in [1.807, 2.05) is 0 Å². The first-order valence-electron chi connectivity index (χ1n) is 4.86. The Labute approximate surface area is 120 Å². The van der Waals surface area contributed by atoms with Gasteiger partial charge in [-0.25, -0.2) is 13.2 Å². The van der Waals surface area contributed by atoms with Crippen molar-refractivity contribution in [3.05, 3.63) is 39.6 Å². The van der Waals surface area contributed by atoms with Gasteiger partial charge in [0, 0.05) is 0 Å². The second-order valence-corrected chi connectivity index (χ2v) is 4.91. The van der Waals surface area contributed by atoms with Crippen molar-refractivity contribution in [3.8, 4) is 0 Å². The Hall–Kier alpha value is -1.25. The van der Waals surface area contributed by atoms with Crippen LogP contribution in [0.15, 0.2) is 18.2 Å². The van der Waals surface area contributed by atoms with Gasteiger partial charge in [-0.1, -0.05) is 34.4 Å². The lowest BCUT2D eigenvalue weighted by atomic mass is 10.3. The van der Waals surface area contributed by atoms with E-state index in [0.717, 1.165) is 0 Å². The molecule has 1 aromatic heterocycles. The first-order chi connectivity index (χ1) is 9.00. The molecule has 0 fully saturated rings. The lowest BCUT2D eigenvalue weighted by molar-refractivity contribution is 0.146. The Morgan fingerprint density at radius 2 is 2.16 bits per heavy atom. The van der Waals surface area contributed by atoms with Gasteiger partial charge in [-0.2, -0.15) is 0 Å². The molecule has 9 heteroatoms. The summed E-state index contributed by atoms with van der Waals surface area (Å²) in [6.45, 7) is 0. The van der Waals surface area contributed by atoms with E-state index >= 15 is 0 Å². The van der Waals surface area contributed by atoms with Crippen LogP contribution in [0.3, 0.4) is 0 Å². The molecule has 0 saturated carbocycles. The van der Waals surface area contributed by atoms with Gasteiger partial charge in [0.1, 0.15) is 9.87 Å². The van der Waals surface area contributed by atoms with Gasteiger partial charge in [0.25, 0.3) is 6.43 Å². The van der Waals surface area contributed by atoms with Crippen molar-refractivity contribution in [2.24, 2.45) is 0 Å². The van der Waals surface area contributed by atoms with Gasteiger partial charge < -0.3 is 5.32 Å². The molecule has 0 aliphatic carbocycles. The molecular formula is C10H5ClF3N3S2. The van der Waals surface area contributed by atoms with Crippen molar-refractivity contribution in [3.63, 3.8) is 0 Å². The Bertz CT molecular complexity index is 618. The summed E-state index contributed by atoms with van der Waals surface area (Å²) in [5, 5.41) is 5.71. The average molecular weight is 324 g/mol. The molecule has 100 valence electrons. The van der Waals surface area contributed by atoms with Gasteiger partial charge in [0.05, 0.1) is 10.7 Å². The maximum atomic E-state index is 13.6. The molecular weight excluding hydrogens is 319 g/mol. The standard InChI is InChI=1S/C10H5ClF3N3S2/c11-4-2-1-3-5(6(4)12)15-10(18)8-7(9(13)14)16-17-19-8/h1-3,9H,(H,15,18). The van der Waals surface area contributed by atoms with Crippen molar-refractivity contribution in [2.45, 2.75) is 6.43 Å². The van der Waals surface area contributed by atoms with Crippen LogP contribution in [0.1, 0.15) is 17.0 Å². The minimum atomic E-state index is -2.79. The molecule has 0 unspecified atom stereocenters. The van der Waals surface area contributed by atoms with Crippen LogP contribution in [0.4, 0.5) is 18.9 Å². The van der Waals surface area contributed by atoms with Gasteiger partial charge >= 0.3 is 0 Å². The number of rotatable bonds is 3. The third kappa shape index (κ3) is 3.02. The molecule has 1 heterocycles. The molecule has 1 N–H and O–H groups in total.